The van der Waals surface area contributed by atoms with Gasteiger partial charge in [-0.2, -0.15) is 23.1 Å². The van der Waals surface area contributed by atoms with Crippen LogP contribution >= 0.6 is 15.9 Å². The molecule has 0 aliphatic heterocycles. The zero-order valence-electron chi connectivity index (χ0n) is 13.6. The number of halogens is 3. The second kappa shape index (κ2) is 6.58. The van der Waals surface area contributed by atoms with Crippen molar-refractivity contribution in [1.82, 2.24) is 9.89 Å². The van der Waals surface area contributed by atoms with E-state index in [0.29, 0.717) is 5.52 Å². The van der Waals surface area contributed by atoms with E-state index in [1.807, 2.05) is 30.3 Å². The number of nitrogens with zero attached hydrogens (tertiary/aromatic N) is 2. The van der Waals surface area contributed by atoms with Gasteiger partial charge in [0.05, 0.1) is 11.1 Å². The van der Waals surface area contributed by atoms with Crippen LogP contribution in [0.15, 0.2) is 70.2 Å². The highest BCUT2D eigenvalue weighted by atomic mass is 79.9. The van der Waals surface area contributed by atoms with Gasteiger partial charge >= 0.3 is 0 Å². The van der Waals surface area contributed by atoms with Gasteiger partial charge in [0.1, 0.15) is 5.52 Å². The van der Waals surface area contributed by atoms with E-state index < -0.39 is 16.4 Å². The molecule has 4 rings (SSSR count). The maximum absolute atomic E-state index is 12.9. The van der Waals surface area contributed by atoms with E-state index in [1.54, 1.807) is 0 Å². The fourth-order valence-electron chi connectivity index (χ4n) is 2.87. The smallest absolute Gasteiger partial charge is 0.205 e. The maximum Gasteiger partial charge on any atom is 0.276 e. The first-order chi connectivity index (χ1) is 12.8. The molecule has 138 valence electrons. The third kappa shape index (κ3) is 3.28. The minimum absolute atomic E-state index is 0.257. The van der Waals surface area contributed by atoms with Gasteiger partial charge in [0, 0.05) is 20.8 Å². The molecule has 0 atom stereocenters. The van der Waals surface area contributed by atoms with E-state index in [-0.39, 0.29) is 10.5 Å². The summed E-state index contributed by atoms with van der Waals surface area (Å²) in [7, 11) is -4.10. The van der Waals surface area contributed by atoms with Crippen molar-refractivity contribution in [3.8, 4) is 0 Å². The van der Waals surface area contributed by atoms with E-state index in [9.17, 15) is 17.2 Å². The van der Waals surface area contributed by atoms with Crippen molar-refractivity contribution in [1.29, 1.82) is 0 Å². The number of nitrogens with one attached hydrogen (secondary N) is 1. The SMILES string of the molecule is O=S(=O)(Nn1ncc2ccc3cc(Br)ccc3c21)c1cccc(C(F)F)c1. The highest BCUT2D eigenvalue weighted by Gasteiger charge is 2.19. The maximum atomic E-state index is 12.9. The summed E-state index contributed by atoms with van der Waals surface area (Å²) in [4.78, 5) is 3.24. The average molecular weight is 452 g/mol. The van der Waals surface area contributed by atoms with Gasteiger partial charge in [0.2, 0.25) is 0 Å². The van der Waals surface area contributed by atoms with E-state index >= 15 is 0 Å². The molecule has 0 spiro atoms. The number of sulfonamides is 1. The van der Waals surface area contributed by atoms with E-state index in [4.69, 9.17) is 0 Å². The average Bonchev–Trinajstić information content (AvgIpc) is 3.04. The molecule has 27 heavy (non-hydrogen) atoms. The van der Waals surface area contributed by atoms with Crippen molar-refractivity contribution in [2.24, 2.45) is 0 Å². The summed E-state index contributed by atoms with van der Waals surface area (Å²) in [5, 5.41) is 6.55. The van der Waals surface area contributed by atoms with Crippen LogP contribution in [-0.2, 0) is 10.0 Å². The second-order valence-electron chi connectivity index (χ2n) is 5.89. The van der Waals surface area contributed by atoms with Crippen LogP contribution in [0.3, 0.4) is 0 Å². The molecule has 0 bridgehead atoms. The quantitative estimate of drug-likeness (QED) is 0.483. The monoisotopic (exact) mass is 451 g/mol. The molecule has 0 unspecified atom stereocenters. The predicted molar refractivity (Wildman–Crippen MR) is 103 cm³/mol. The lowest BCUT2D eigenvalue weighted by Gasteiger charge is -2.11. The van der Waals surface area contributed by atoms with Gasteiger partial charge in [-0.1, -0.05) is 46.3 Å². The Kier molecular flexibility index (Phi) is 4.35. The lowest BCUT2D eigenvalue weighted by Crippen LogP contribution is -2.24. The van der Waals surface area contributed by atoms with Gasteiger partial charge in [-0.15, -0.1) is 0 Å². The molecule has 1 heterocycles. The fourth-order valence-corrected chi connectivity index (χ4v) is 4.27. The summed E-state index contributed by atoms with van der Waals surface area (Å²) in [5.41, 5.74) is 0.215. The van der Waals surface area contributed by atoms with E-state index in [2.05, 4.69) is 25.9 Å². The second-order valence-corrected chi connectivity index (χ2v) is 8.47. The number of rotatable bonds is 4. The van der Waals surface area contributed by atoms with Crippen molar-refractivity contribution in [2.45, 2.75) is 11.3 Å². The van der Waals surface area contributed by atoms with Crippen molar-refractivity contribution in [3.05, 3.63) is 70.8 Å². The normalized spacial score (nSPS) is 12.1. The van der Waals surface area contributed by atoms with Gasteiger partial charge in [-0.3, -0.25) is 0 Å². The Hall–Kier alpha value is -2.52. The highest BCUT2D eigenvalue weighted by molar-refractivity contribution is 9.10. The van der Waals surface area contributed by atoms with Crippen molar-refractivity contribution >= 4 is 47.6 Å². The van der Waals surface area contributed by atoms with Gasteiger partial charge in [-0.05, 0) is 29.7 Å². The molecule has 0 fully saturated rings. The largest absolute Gasteiger partial charge is 0.276 e. The van der Waals surface area contributed by atoms with Crippen LogP contribution in [0.25, 0.3) is 21.7 Å². The Morgan fingerprint density at radius 2 is 1.81 bits per heavy atom. The molecule has 0 saturated carbocycles. The first kappa shape index (κ1) is 17.9. The van der Waals surface area contributed by atoms with Crippen LogP contribution in [0, 0.1) is 0 Å². The summed E-state index contributed by atoms with van der Waals surface area (Å²) >= 11 is 3.41. The van der Waals surface area contributed by atoms with Gasteiger partial charge in [-0.25, -0.2) is 8.78 Å². The molecule has 1 N–H and O–H groups in total. The van der Waals surface area contributed by atoms with Crippen LogP contribution in [0.1, 0.15) is 12.0 Å². The molecule has 9 heteroatoms. The summed E-state index contributed by atoms with van der Waals surface area (Å²) < 4.78 is 52.0. The molecule has 0 radical (unpaired) electrons. The number of benzene rings is 3. The molecular weight excluding hydrogens is 440 g/mol. The Labute approximate surface area is 161 Å². The van der Waals surface area contributed by atoms with E-state index in [1.165, 1.54) is 24.4 Å². The first-order valence-electron chi connectivity index (χ1n) is 7.82. The van der Waals surface area contributed by atoms with Crippen LogP contribution < -0.4 is 4.83 Å². The number of alkyl halides is 2. The van der Waals surface area contributed by atoms with Crippen LogP contribution in [0.4, 0.5) is 8.78 Å². The summed E-state index contributed by atoms with van der Waals surface area (Å²) in [6.45, 7) is 0. The van der Waals surface area contributed by atoms with Crippen molar-refractivity contribution in [2.75, 3.05) is 4.83 Å². The summed E-state index contributed by atoms with van der Waals surface area (Å²) in [6.07, 6.45) is -1.22. The zero-order valence-corrected chi connectivity index (χ0v) is 16.0. The van der Waals surface area contributed by atoms with Crippen LogP contribution in [-0.4, -0.2) is 18.3 Å². The lowest BCUT2D eigenvalue weighted by atomic mass is 10.1. The fraction of sp³-hybridized carbons (Fsp3) is 0.0556. The molecule has 0 aliphatic carbocycles. The third-order valence-electron chi connectivity index (χ3n) is 4.14. The third-order valence-corrected chi connectivity index (χ3v) is 5.92. The molecule has 0 amide bonds. The Bertz CT molecular complexity index is 1270. The number of hydrogen-bond donors (Lipinski definition) is 1. The molecule has 0 aliphatic rings. The number of fused-ring (bicyclic) bond motifs is 3. The number of hydrogen-bond acceptors (Lipinski definition) is 3. The number of aromatic nitrogens is 2. The van der Waals surface area contributed by atoms with Gasteiger partial charge in [0.15, 0.2) is 0 Å². The molecule has 3 aromatic carbocycles. The van der Waals surface area contributed by atoms with Crippen LogP contribution in [0.5, 0.6) is 0 Å². The van der Waals surface area contributed by atoms with Gasteiger partial charge < -0.3 is 0 Å². The van der Waals surface area contributed by atoms with Gasteiger partial charge in [0.25, 0.3) is 16.4 Å². The first-order valence-corrected chi connectivity index (χ1v) is 10.1. The minimum Gasteiger partial charge on any atom is -0.205 e. The van der Waals surface area contributed by atoms with Crippen molar-refractivity contribution in [3.63, 3.8) is 0 Å². The predicted octanol–water partition coefficient (Wildman–Crippen LogP) is 4.82. The highest BCUT2D eigenvalue weighted by Crippen LogP contribution is 2.28. The molecule has 4 aromatic rings. The standard InChI is InChI=1S/C18H12BrF2N3O2S/c19-14-6-7-16-11(8-14)4-5-13-10-22-24(17(13)16)23-27(25,26)15-3-1-2-12(9-15)18(20)21/h1-10,18,23H. The lowest BCUT2D eigenvalue weighted by molar-refractivity contribution is 0.151. The Balaban J connectivity index is 1.82. The summed E-state index contributed by atoms with van der Waals surface area (Å²) in [6, 6.07) is 14.0. The summed E-state index contributed by atoms with van der Waals surface area (Å²) in [5.74, 6) is 0. The molecule has 0 saturated heterocycles. The molecule has 1 aromatic heterocycles. The minimum atomic E-state index is -4.10. The molecule has 5 nitrogen and oxygen atoms in total. The Morgan fingerprint density at radius 3 is 2.59 bits per heavy atom. The van der Waals surface area contributed by atoms with E-state index in [0.717, 1.165) is 31.5 Å². The molecular formula is C18H12BrF2N3O2S. The topological polar surface area (TPSA) is 64.0 Å². The Morgan fingerprint density at radius 1 is 1.04 bits per heavy atom. The zero-order chi connectivity index (χ0) is 19.2. The van der Waals surface area contributed by atoms with Crippen molar-refractivity contribution < 1.29 is 17.2 Å². The van der Waals surface area contributed by atoms with Crippen LogP contribution in [0.2, 0.25) is 0 Å².